The van der Waals surface area contributed by atoms with Crippen LogP contribution in [0.5, 0.6) is 0 Å². The molecule has 0 saturated carbocycles. The highest BCUT2D eigenvalue weighted by atomic mass is 32.2. The lowest BCUT2D eigenvalue weighted by Crippen LogP contribution is -2.48. The highest BCUT2D eigenvalue weighted by Gasteiger charge is 2.36. The molecule has 4 nitrogen and oxygen atoms in total. The maximum absolute atomic E-state index is 11.3. The van der Waals surface area contributed by atoms with Gasteiger partial charge in [0.25, 0.3) is 0 Å². The van der Waals surface area contributed by atoms with Crippen LogP contribution in [0.4, 0.5) is 0 Å². The predicted molar refractivity (Wildman–Crippen MR) is 59.9 cm³/mol. The summed E-state index contributed by atoms with van der Waals surface area (Å²) < 4.78 is 0. The summed E-state index contributed by atoms with van der Waals surface area (Å²) in [5.74, 6) is 0.933. The number of carbonyl (C=O) groups excluding carboxylic acids is 1. The number of amides is 1. The van der Waals surface area contributed by atoms with Crippen molar-refractivity contribution in [1.29, 1.82) is 0 Å². The highest BCUT2D eigenvalue weighted by molar-refractivity contribution is 7.99. The van der Waals surface area contributed by atoms with E-state index in [9.17, 15) is 14.7 Å². The van der Waals surface area contributed by atoms with Crippen LogP contribution in [0.15, 0.2) is 0 Å². The van der Waals surface area contributed by atoms with Crippen LogP contribution in [-0.2, 0) is 9.59 Å². The molecule has 1 heterocycles. The van der Waals surface area contributed by atoms with Gasteiger partial charge >= 0.3 is 5.97 Å². The van der Waals surface area contributed by atoms with Gasteiger partial charge < -0.3 is 10.0 Å². The first-order valence-corrected chi connectivity index (χ1v) is 6.31. The molecular weight excluding hydrogens is 214 g/mol. The Balaban J connectivity index is 2.79. The van der Waals surface area contributed by atoms with E-state index in [1.807, 2.05) is 6.92 Å². The van der Waals surface area contributed by atoms with Crippen molar-refractivity contribution in [3.63, 3.8) is 0 Å². The van der Waals surface area contributed by atoms with Crippen molar-refractivity contribution in [1.82, 2.24) is 4.90 Å². The minimum Gasteiger partial charge on any atom is -0.480 e. The third-order valence-electron chi connectivity index (χ3n) is 2.75. The van der Waals surface area contributed by atoms with Gasteiger partial charge in [0.1, 0.15) is 6.04 Å². The summed E-state index contributed by atoms with van der Waals surface area (Å²) in [7, 11) is 0. The molecule has 5 heteroatoms. The van der Waals surface area contributed by atoms with Crippen LogP contribution in [0.3, 0.4) is 0 Å². The lowest BCUT2D eigenvalue weighted by molar-refractivity contribution is -0.151. The summed E-state index contributed by atoms with van der Waals surface area (Å²) in [4.78, 5) is 24.0. The number of hydrogen-bond donors (Lipinski definition) is 1. The smallest absolute Gasteiger partial charge is 0.326 e. The van der Waals surface area contributed by atoms with E-state index in [1.54, 1.807) is 11.8 Å². The van der Waals surface area contributed by atoms with Crippen LogP contribution in [0.25, 0.3) is 0 Å². The standard InChI is InChI=1S/C10H17NO3S/c1-3-11(7(2)12)9(10(13)14)8-4-5-15-6-8/h8-9H,3-6H2,1-2H3,(H,13,14). The van der Waals surface area contributed by atoms with Crippen LogP contribution in [0.2, 0.25) is 0 Å². The van der Waals surface area contributed by atoms with Crippen molar-refractivity contribution in [2.24, 2.45) is 5.92 Å². The molecule has 15 heavy (non-hydrogen) atoms. The van der Waals surface area contributed by atoms with Gasteiger partial charge in [0.15, 0.2) is 0 Å². The summed E-state index contributed by atoms with van der Waals surface area (Å²) in [6.45, 7) is 3.72. The molecule has 0 aromatic rings. The van der Waals surface area contributed by atoms with Gasteiger partial charge in [-0.05, 0) is 30.8 Å². The Labute approximate surface area is 94.0 Å². The second-order valence-corrected chi connectivity index (χ2v) is 4.86. The van der Waals surface area contributed by atoms with E-state index in [0.29, 0.717) is 6.54 Å². The van der Waals surface area contributed by atoms with E-state index in [2.05, 4.69) is 0 Å². The van der Waals surface area contributed by atoms with Gasteiger partial charge in [0.05, 0.1) is 0 Å². The monoisotopic (exact) mass is 231 g/mol. The number of carboxylic acid groups (broad SMARTS) is 1. The first kappa shape index (κ1) is 12.4. The molecule has 1 rings (SSSR count). The number of rotatable bonds is 4. The molecule has 2 unspecified atom stereocenters. The molecule has 0 spiro atoms. The fourth-order valence-electron chi connectivity index (χ4n) is 2.01. The second-order valence-electron chi connectivity index (χ2n) is 3.71. The van der Waals surface area contributed by atoms with Crippen molar-refractivity contribution < 1.29 is 14.7 Å². The largest absolute Gasteiger partial charge is 0.480 e. The van der Waals surface area contributed by atoms with E-state index < -0.39 is 12.0 Å². The first-order chi connectivity index (χ1) is 7.07. The van der Waals surface area contributed by atoms with Gasteiger partial charge in [-0.2, -0.15) is 11.8 Å². The molecule has 2 atom stereocenters. The van der Waals surface area contributed by atoms with Crippen molar-refractivity contribution in [2.75, 3.05) is 18.1 Å². The summed E-state index contributed by atoms with van der Waals surface area (Å²) >= 11 is 1.77. The summed E-state index contributed by atoms with van der Waals surface area (Å²) in [6, 6.07) is -0.637. The molecular formula is C10H17NO3S. The second kappa shape index (κ2) is 5.39. The van der Waals surface area contributed by atoms with E-state index in [-0.39, 0.29) is 11.8 Å². The van der Waals surface area contributed by atoms with Gasteiger partial charge in [0, 0.05) is 13.5 Å². The number of aliphatic carboxylic acids is 1. The van der Waals surface area contributed by atoms with E-state index in [4.69, 9.17) is 0 Å². The zero-order chi connectivity index (χ0) is 11.4. The minimum absolute atomic E-state index is 0.108. The van der Waals surface area contributed by atoms with E-state index >= 15 is 0 Å². The number of carboxylic acids is 1. The molecule has 1 amide bonds. The molecule has 0 radical (unpaired) electrons. The Morgan fingerprint density at radius 3 is 2.60 bits per heavy atom. The Bertz CT molecular complexity index is 251. The maximum Gasteiger partial charge on any atom is 0.326 e. The minimum atomic E-state index is -0.875. The molecule has 0 aliphatic carbocycles. The fourth-order valence-corrected chi connectivity index (χ4v) is 3.29. The molecule has 1 aliphatic rings. The SMILES string of the molecule is CCN(C(C)=O)C(C(=O)O)C1CCSC1. The van der Waals surface area contributed by atoms with Crippen molar-refractivity contribution in [3.8, 4) is 0 Å². The van der Waals surface area contributed by atoms with Gasteiger partial charge in [-0.15, -0.1) is 0 Å². The van der Waals surface area contributed by atoms with Crippen LogP contribution in [0.1, 0.15) is 20.3 Å². The molecule has 1 N–H and O–H groups in total. The lowest BCUT2D eigenvalue weighted by Gasteiger charge is -2.30. The van der Waals surface area contributed by atoms with Crippen molar-refractivity contribution in [3.05, 3.63) is 0 Å². The maximum atomic E-state index is 11.3. The zero-order valence-corrected chi connectivity index (χ0v) is 9.92. The Kier molecular flexibility index (Phi) is 4.45. The van der Waals surface area contributed by atoms with E-state index in [1.165, 1.54) is 11.8 Å². The van der Waals surface area contributed by atoms with Gasteiger partial charge in [-0.25, -0.2) is 4.79 Å². The number of thioether (sulfide) groups is 1. The Hall–Kier alpha value is -0.710. The molecule has 86 valence electrons. The van der Waals surface area contributed by atoms with Crippen LogP contribution in [0, 0.1) is 5.92 Å². The zero-order valence-electron chi connectivity index (χ0n) is 9.10. The molecule has 0 aromatic carbocycles. The number of likely N-dealkylation sites (N-methyl/N-ethyl adjacent to an activating group) is 1. The average molecular weight is 231 g/mol. The highest BCUT2D eigenvalue weighted by Crippen LogP contribution is 2.29. The van der Waals surface area contributed by atoms with E-state index in [0.717, 1.165) is 17.9 Å². The fraction of sp³-hybridized carbons (Fsp3) is 0.800. The molecule has 1 aliphatic heterocycles. The third-order valence-corrected chi connectivity index (χ3v) is 3.93. The quantitative estimate of drug-likeness (QED) is 0.786. The molecule has 1 fully saturated rings. The van der Waals surface area contributed by atoms with Crippen LogP contribution >= 0.6 is 11.8 Å². The normalized spacial score (nSPS) is 22.4. The third kappa shape index (κ3) is 2.87. The summed E-state index contributed by atoms with van der Waals surface area (Å²) in [5, 5.41) is 9.18. The van der Waals surface area contributed by atoms with Gasteiger partial charge in [-0.1, -0.05) is 0 Å². The average Bonchev–Trinajstić information content (AvgIpc) is 2.64. The molecule has 0 aromatic heterocycles. The number of hydrogen-bond acceptors (Lipinski definition) is 3. The Morgan fingerprint density at radius 2 is 2.27 bits per heavy atom. The van der Waals surface area contributed by atoms with Gasteiger partial charge in [0.2, 0.25) is 5.91 Å². The molecule has 0 bridgehead atoms. The van der Waals surface area contributed by atoms with Crippen LogP contribution < -0.4 is 0 Å². The van der Waals surface area contributed by atoms with Crippen molar-refractivity contribution >= 4 is 23.6 Å². The van der Waals surface area contributed by atoms with Crippen LogP contribution in [-0.4, -0.2) is 46.0 Å². The Morgan fingerprint density at radius 1 is 1.60 bits per heavy atom. The van der Waals surface area contributed by atoms with Gasteiger partial charge in [-0.3, -0.25) is 4.79 Å². The lowest BCUT2D eigenvalue weighted by atomic mass is 9.97. The molecule has 1 saturated heterocycles. The first-order valence-electron chi connectivity index (χ1n) is 5.15. The predicted octanol–water partition coefficient (Wildman–Crippen LogP) is 1.06. The summed E-state index contributed by atoms with van der Waals surface area (Å²) in [5.41, 5.74) is 0. The number of nitrogens with zero attached hydrogens (tertiary/aromatic N) is 1. The number of carbonyl (C=O) groups is 2. The topological polar surface area (TPSA) is 57.6 Å². The summed E-state index contributed by atoms with van der Waals surface area (Å²) in [6.07, 6.45) is 0.894. The van der Waals surface area contributed by atoms with Crippen molar-refractivity contribution in [2.45, 2.75) is 26.3 Å².